The second-order valence-corrected chi connectivity index (χ2v) is 5.41. The smallest absolute Gasteiger partial charge is 0.370 e. The van der Waals surface area contributed by atoms with E-state index < -0.39 is 12.8 Å². The van der Waals surface area contributed by atoms with Crippen LogP contribution >= 0.6 is 0 Å². The van der Waals surface area contributed by atoms with Crippen molar-refractivity contribution in [1.82, 2.24) is 10.2 Å². The molecule has 1 N–H and O–H groups in total. The summed E-state index contributed by atoms with van der Waals surface area (Å²) < 4.78 is 40.3. The van der Waals surface area contributed by atoms with Crippen LogP contribution in [-0.2, 0) is 9.53 Å². The maximum Gasteiger partial charge on any atom is 0.411 e. The second kappa shape index (κ2) is 5.66. The van der Waals surface area contributed by atoms with Gasteiger partial charge in [-0.3, -0.25) is 4.79 Å². The van der Waals surface area contributed by atoms with Gasteiger partial charge in [0.1, 0.15) is 6.61 Å². The summed E-state index contributed by atoms with van der Waals surface area (Å²) in [5, 5.41) is 3.25. The number of piperidine rings is 1. The van der Waals surface area contributed by atoms with E-state index in [0.29, 0.717) is 13.0 Å². The molecule has 2 aliphatic rings. The number of amides is 1. The first-order chi connectivity index (χ1) is 8.90. The van der Waals surface area contributed by atoms with Crippen molar-refractivity contribution in [1.29, 1.82) is 0 Å². The Bertz CT molecular complexity index is 327. The van der Waals surface area contributed by atoms with Crippen molar-refractivity contribution in [2.75, 3.05) is 39.4 Å². The van der Waals surface area contributed by atoms with Crippen LogP contribution in [0.1, 0.15) is 19.3 Å². The van der Waals surface area contributed by atoms with Crippen molar-refractivity contribution >= 4 is 5.91 Å². The molecule has 2 rings (SSSR count). The topological polar surface area (TPSA) is 41.6 Å². The van der Waals surface area contributed by atoms with E-state index in [1.54, 1.807) is 4.90 Å². The van der Waals surface area contributed by atoms with E-state index in [9.17, 15) is 18.0 Å². The largest absolute Gasteiger partial charge is 0.411 e. The molecule has 2 saturated heterocycles. The number of halogens is 3. The summed E-state index contributed by atoms with van der Waals surface area (Å²) in [4.78, 5) is 13.5. The van der Waals surface area contributed by atoms with E-state index in [2.05, 4.69) is 10.1 Å². The molecule has 4 nitrogen and oxygen atoms in total. The quantitative estimate of drug-likeness (QED) is 0.786. The Morgan fingerprint density at radius 2 is 2.00 bits per heavy atom. The van der Waals surface area contributed by atoms with E-state index in [1.807, 2.05) is 0 Å². The third-order valence-electron chi connectivity index (χ3n) is 3.84. The Morgan fingerprint density at radius 1 is 1.32 bits per heavy atom. The van der Waals surface area contributed by atoms with Gasteiger partial charge in [0, 0.05) is 19.5 Å². The average Bonchev–Trinajstić information content (AvgIpc) is 2.61. The van der Waals surface area contributed by atoms with E-state index >= 15 is 0 Å². The predicted molar refractivity (Wildman–Crippen MR) is 62.6 cm³/mol. The summed E-state index contributed by atoms with van der Waals surface area (Å²) in [7, 11) is 0. The van der Waals surface area contributed by atoms with Crippen molar-refractivity contribution in [3.05, 3.63) is 0 Å². The average molecular weight is 280 g/mol. The summed E-state index contributed by atoms with van der Waals surface area (Å²) >= 11 is 0. The fourth-order valence-corrected chi connectivity index (χ4v) is 2.84. The Balaban J connectivity index is 1.74. The molecule has 0 bridgehead atoms. The standard InChI is InChI=1S/C12H19F3N2O2/c13-12(14,15)9-19-6-5-17-8-11(7-10(17)18)1-3-16-4-2-11/h16H,1-9H2. The first-order valence-electron chi connectivity index (χ1n) is 6.53. The molecule has 2 heterocycles. The molecule has 7 heteroatoms. The monoisotopic (exact) mass is 280 g/mol. The van der Waals surface area contributed by atoms with Crippen LogP contribution in [0.5, 0.6) is 0 Å². The minimum absolute atomic E-state index is 0.0341. The zero-order valence-electron chi connectivity index (χ0n) is 10.8. The van der Waals surface area contributed by atoms with Crippen LogP contribution in [0.4, 0.5) is 13.2 Å². The maximum atomic E-state index is 11.9. The van der Waals surface area contributed by atoms with Gasteiger partial charge in [-0.1, -0.05) is 0 Å². The third-order valence-corrected chi connectivity index (χ3v) is 3.84. The Morgan fingerprint density at radius 3 is 2.63 bits per heavy atom. The van der Waals surface area contributed by atoms with Crippen LogP contribution in [0.3, 0.4) is 0 Å². The summed E-state index contributed by atoms with van der Waals surface area (Å²) in [5.74, 6) is 0.0394. The molecular formula is C12H19F3N2O2. The zero-order valence-corrected chi connectivity index (χ0v) is 10.8. The predicted octanol–water partition coefficient (Wildman–Crippen LogP) is 1.17. The summed E-state index contributed by atoms with van der Waals surface area (Å²) in [6.45, 7) is 1.42. The number of ether oxygens (including phenoxy) is 1. The van der Waals surface area contributed by atoms with Crippen molar-refractivity contribution in [3.8, 4) is 0 Å². The molecule has 0 atom stereocenters. The number of alkyl halides is 3. The van der Waals surface area contributed by atoms with E-state index in [0.717, 1.165) is 25.9 Å². The van der Waals surface area contributed by atoms with E-state index in [1.165, 1.54) is 0 Å². The number of carbonyl (C=O) groups excluding carboxylic acids is 1. The fourth-order valence-electron chi connectivity index (χ4n) is 2.84. The Labute approximate surface area is 110 Å². The number of hydrogen-bond donors (Lipinski definition) is 1. The van der Waals surface area contributed by atoms with Gasteiger partial charge in [-0.2, -0.15) is 13.2 Å². The minimum Gasteiger partial charge on any atom is -0.370 e. The van der Waals surface area contributed by atoms with Crippen LogP contribution < -0.4 is 5.32 Å². The van der Waals surface area contributed by atoms with Crippen LogP contribution in [0.2, 0.25) is 0 Å². The Kier molecular flexibility index (Phi) is 4.35. The van der Waals surface area contributed by atoms with Crippen molar-refractivity contribution in [2.24, 2.45) is 5.41 Å². The summed E-state index contributed by atoms with van der Waals surface area (Å²) in [6, 6.07) is 0. The highest BCUT2D eigenvalue weighted by Gasteiger charge is 2.43. The van der Waals surface area contributed by atoms with Crippen LogP contribution in [-0.4, -0.2) is 56.4 Å². The minimum atomic E-state index is -4.30. The molecule has 0 radical (unpaired) electrons. The molecule has 110 valence electrons. The first kappa shape index (κ1) is 14.6. The maximum absolute atomic E-state index is 11.9. The number of likely N-dealkylation sites (tertiary alicyclic amines) is 1. The van der Waals surface area contributed by atoms with Gasteiger partial charge in [-0.25, -0.2) is 0 Å². The SMILES string of the molecule is O=C1CC2(CCNCC2)CN1CCOCC(F)(F)F. The van der Waals surface area contributed by atoms with Crippen LogP contribution in [0, 0.1) is 5.41 Å². The number of hydrogen-bond acceptors (Lipinski definition) is 3. The highest BCUT2D eigenvalue weighted by atomic mass is 19.4. The van der Waals surface area contributed by atoms with Crippen molar-refractivity contribution < 1.29 is 22.7 Å². The molecule has 2 fully saturated rings. The molecule has 0 aromatic heterocycles. The lowest BCUT2D eigenvalue weighted by molar-refractivity contribution is -0.174. The van der Waals surface area contributed by atoms with E-state index in [4.69, 9.17) is 0 Å². The number of nitrogens with zero attached hydrogens (tertiary/aromatic N) is 1. The van der Waals surface area contributed by atoms with Gasteiger partial charge in [-0.15, -0.1) is 0 Å². The van der Waals surface area contributed by atoms with Gasteiger partial charge in [-0.05, 0) is 31.3 Å². The van der Waals surface area contributed by atoms with Crippen molar-refractivity contribution in [3.63, 3.8) is 0 Å². The lowest BCUT2D eigenvalue weighted by atomic mass is 9.78. The van der Waals surface area contributed by atoms with Crippen molar-refractivity contribution in [2.45, 2.75) is 25.4 Å². The molecule has 0 aromatic carbocycles. The molecule has 0 aliphatic carbocycles. The molecular weight excluding hydrogens is 261 g/mol. The highest BCUT2D eigenvalue weighted by Crippen LogP contribution is 2.39. The van der Waals surface area contributed by atoms with Gasteiger partial charge in [0.15, 0.2) is 0 Å². The first-order valence-corrected chi connectivity index (χ1v) is 6.53. The van der Waals surface area contributed by atoms with Gasteiger partial charge >= 0.3 is 6.18 Å². The summed E-state index contributed by atoms with van der Waals surface area (Å²) in [6.07, 6.45) is -1.86. The fraction of sp³-hybridized carbons (Fsp3) is 0.917. The molecule has 2 aliphatic heterocycles. The number of carbonyl (C=O) groups is 1. The summed E-state index contributed by atoms with van der Waals surface area (Å²) in [5.41, 5.74) is 0.0341. The molecule has 1 spiro atoms. The van der Waals surface area contributed by atoms with E-state index in [-0.39, 0.29) is 24.5 Å². The molecule has 0 saturated carbocycles. The highest BCUT2D eigenvalue weighted by molar-refractivity contribution is 5.79. The molecule has 0 aromatic rings. The van der Waals surface area contributed by atoms with Gasteiger partial charge in [0.05, 0.1) is 6.61 Å². The van der Waals surface area contributed by atoms with Crippen LogP contribution in [0.25, 0.3) is 0 Å². The second-order valence-electron chi connectivity index (χ2n) is 5.41. The lowest BCUT2D eigenvalue weighted by Crippen LogP contribution is -2.39. The van der Waals surface area contributed by atoms with Gasteiger partial charge < -0.3 is 15.0 Å². The number of nitrogens with one attached hydrogen (secondary N) is 1. The Hall–Kier alpha value is -0.820. The molecule has 0 unspecified atom stereocenters. The third kappa shape index (κ3) is 4.07. The zero-order chi connectivity index (χ0) is 13.9. The molecule has 1 amide bonds. The molecule has 19 heavy (non-hydrogen) atoms. The van der Waals surface area contributed by atoms with Gasteiger partial charge in [0.2, 0.25) is 5.91 Å². The van der Waals surface area contributed by atoms with Gasteiger partial charge in [0.25, 0.3) is 0 Å². The number of rotatable bonds is 4. The normalized spacial score (nSPS) is 23.3. The lowest BCUT2D eigenvalue weighted by Gasteiger charge is -2.33. The van der Waals surface area contributed by atoms with Crippen LogP contribution in [0.15, 0.2) is 0 Å².